The fourth-order valence-corrected chi connectivity index (χ4v) is 4.79. The Labute approximate surface area is 153 Å². The lowest BCUT2D eigenvalue weighted by molar-refractivity contribution is 0.0102. The summed E-state index contributed by atoms with van der Waals surface area (Å²) in [6.07, 6.45) is 5.23. The molecule has 0 saturated carbocycles. The molecule has 0 radical (unpaired) electrons. The van der Waals surface area contributed by atoms with Crippen LogP contribution in [0, 0.1) is 35.0 Å². The summed E-state index contributed by atoms with van der Waals surface area (Å²) in [5.74, 6) is 3.63. The highest BCUT2D eigenvalue weighted by molar-refractivity contribution is 5.10. The Morgan fingerprint density at radius 3 is 2.29 bits per heavy atom. The minimum Gasteiger partial charge on any atom is -0.303 e. The second kappa shape index (κ2) is 8.88. The van der Waals surface area contributed by atoms with Gasteiger partial charge in [-0.3, -0.25) is 0 Å². The first-order valence-corrected chi connectivity index (χ1v) is 10.4. The molecule has 1 fully saturated rings. The smallest absolute Gasteiger partial charge is 0.0121 e. The third-order valence-corrected chi connectivity index (χ3v) is 7.65. The van der Waals surface area contributed by atoms with Gasteiger partial charge >= 0.3 is 0 Å². The van der Waals surface area contributed by atoms with Gasteiger partial charge in [0, 0.05) is 12.6 Å². The fraction of sp³-hybridized carbons (Fsp3) is 0.913. The maximum Gasteiger partial charge on any atom is 0.0121 e. The summed E-state index contributed by atoms with van der Waals surface area (Å²) in [5, 5.41) is 0. The van der Waals surface area contributed by atoms with Gasteiger partial charge in [-0.15, -0.1) is 0 Å². The zero-order chi connectivity index (χ0) is 18.7. The van der Waals surface area contributed by atoms with Gasteiger partial charge in [0.05, 0.1) is 0 Å². The predicted molar refractivity (Wildman–Crippen MR) is 109 cm³/mol. The predicted octanol–water partition coefficient (Wildman–Crippen LogP) is 6.64. The van der Waals surface area contributed by atoms with Crippen molar-refractivity contribution in [2.45, 2.75) is 87.1 Å². The first kappa shape index (κ1) is 21.7. The molecule has 1 nitrogen and oxygen atoms in total. The maximum atomic E-state index is 4.54. The van der Waals surface area contributed by atoms with Crippen LogP contribution in [0.5, 0.6) is 0 Å². The van der Waals surface area contributed by atoms with Gasteiger partial charge in [0.25, 0.3) is 0 Å². The highest BCUT2D eigenvalue weighted by atomic mass is 15.1. The molecule has 6 unspecified atom stereocenters. The molecular weight excluding hydrogens is 290 g/mol. The van der Waals surface area contributed by atoms with Crippen LogP contribution in [-0.2, 0) is 0 Å². The zero-order valence-corrected chi connectivity index (χ0v) is 18.2. The highest BCUT2D eigenvalue weighted by Crippen LogP contribution is 2.47. The summed E-state index contributed by atoms with van der Waals surface area (Å²) in [6, 6.07) is 0.627. The summed E-state index contributed by atoms with van der Waals surface area (Å²) in [4.78, 5) is 2.61. The fourth-order valence-electron chi connectivity index (χ4n) is 4.79. The van der Waals surface area contributed by atoms with E-state index in [1.807, 2.05) is 0 Å². The largest absolute Gasteiger partial charge is 0.303 e. The quantitative estimate of drug-likeness (QED) is 0.491. The summed E-state index contributed by atoms with van der Waals surface area (Å²) in [6.45, 7) is 25.1. The molecule has 0 aromatic rings. The lowest BCUT2D eigenvalue weighted by Crippen LogP contribution is -2.51. The number of nitrogens with zero attached hydrogens (tertiary/aromatic N) is 1. The molecule has 1 aliphatic rings. The van der Waals surface area contributed by atoms with Crippen LogP contribution < -0.4 is 0 Å². The zero-order valence-electron chi connectivity index (χ0n) is 18.2. The van der Waals surface area contributed by atoms with Gasteiger partial charge in [-0.05, 0) is 68.2 Å². The van der Waals surface area contributed by atoms with E-state index < -0.39 is 0 Å². The molecule has 6 atom stereocenters. The molecule has 1 heterocycles. The van der Waals surface area contributed by atoms with Gasteiger partial charge in [0.15, 0.2) is 0 Å². The molecule has 0 N–H and O–H groups in total. The van der Waals surface area contributed by atoms with Crippen LogP contribution >= 0.6 is 0 Å². The first-order valence-electron chi connectivity index (χ1n) is 10.4. The third kappa shape index (κ3) is 4.87. The maximum absolute atomic E-state index is 4.54. The van der Waals surface area contributed by atoms with Gasteiger partial charge in [-0.1, -0.05) is 67.0 Å². The van der Waals surface area contributed by atoms with Crippen molar-refractivity contribution in [2.75, 3.05) is 13.6 Å². The van der Waals surface area contributed by atoms with E-state index in [2.05, 4.69) is 73.9 Å². The SMILES string of the molecule is C=C1C(C)CN(C)C(C)C(C)(C(C)CC(C)C(C)C)CC1CCC. The van der Waals surface area contributed by atoms with E-state index in [0.717, 1.165) is 24.3 Å². The Hall–Kier alpha value is -0.300. The van der Waals surface area contributed by atoms with E-state index in [-0.39, 0.29) is 0 Å². The molecule has 0 aromatic heterocycles. The van der Waals surface area contributed by atoms with E-state index in [9.17, 15) is 0 Å². The van der Waals surface area contributed by atoms with Crippen LogP contribution in [0.25, 0.3) is 0 Å². The standard InChI is InChI=1S/C23H45N/c1-11-12-22-14-23(9,19(6)13-17(4)16(2)3)21(8)24(10)15-18(5)20(22)7/h16-19,21-22H,7,11-15H2,1-6,8-10H3. The van der Waals surface area contributed by atoms with Crippen LogP contribution in [0.15, 0.2) is 12.2 Å². The molecule has 1 aliphatic heterocycles. The molecule has 0 spiro atoms. The lowest BCUT2D eigenvalue weighted by Gasteiger charge is -2.50. The topological polar surface area (TPSA) is 3.24 Å². The summed E-state index contributed by atoms with van der Waals surface area (Å²) in [7, 11) is 2.32. The average molecular weight is 336 g/mol. The van der Waals surface area contributed by atoms with Gasteiger partial charge in [-0.2, -0.15) is 0 Å². The van der Waals surface area contributed by atoms with Crippen molar-refractivity contribution >= 4 is 0 Å². The number of hydrogen-bond donors (Lipinski definition) is 0. The molecular formula is C23H45N. The monoisotopic (exact) mass is 335 g/mol. The normalized spacial score (nSPS) is 35.6. The Balaban J connectivity index is 3.11. The lowest BCUT2D eigenvalue weighted by atomic mass is 9.61. The van der Waals surface area contributed by atoms with Crippen LogP contribution in [0.2, 0.25) is 0 Å². The Kier molecular flexibility index (Phi) is 8.04. The van der Waals surface area contributed by atoms with Crippen molar-refractivity contribution in [2.24, 2.45) is 35.0 Å². The molecule has 1 rings (SSSR count). The van der Waals surface area contributed by atoms with Crippen molar-refractivity contribution < 1.29 is 0 Å². The molecule has 24 heavy (non-hydrogen) atoms. The van der Waals surface area contributed by atoms with E-state index in [0.29, 0.717) is 23.3 Å². The highest BCUT2D eigenvalue weighted by Gasteiger charge is 2.43. The van der Waals surface area contributed by atoms with Crippen LogP contribution in [0.1, 0.15) is 81.1 Å². The number of hydrogen-bond acceptors (Lipinski definition) is 1. The van der Waals surface area contributed by atoms with Crippen molar-refractivity contribution in [3.63, 3.8) is 0 Å². The number of likely N-dealkylation sites (tertiary alicyclic amines) is 1. The van der Waals surface area contributed by atoms with E-state index in [4.69, 9.17) is 0 Å². The van der Waals surface area contributed by atoms with Crippen LogP contribution in [0.3, 0.4) is 0 Å². The molecule has 0 aliphatic carbocycles. The van der Waals surface area contributed by atoms with Crippen molar-refractivity contribution in [3.8, 4) is 0 Å². The Bertz CT molecular complexity index is 399. The molecule has 142 valence electrons. The van der Waals surface area contributed by atoms with E-state index in [1.54, 1.807) is 0 Å². The average Bonchev–Trinajstić information content (AvgIpc) is 2.51. The van der Waals surface area contributed by atoms with Gasteiger partial charge in [0.2, 0.25) is 0 Å². The third-order valence-electron chi connectivity index (χ3n) is 7.65. The molecule has 0 aromatic carbocycles. The van der Waals surface area contributed by atoms with Gasteiger partial charge in [0.1, 0.15) is 0 Å². The minimum absolute atomic E-state index is 0.362. The Morgan fingerprint density at radius 2 is 1.79 bits per heavy atom. The molecule has 1 heteroatoms. The summed E-state index contributed by atoms with van der Waals surface area (Å²) in [5.41, 5.74) is 1.87. The van der Waals surface area contributed by atoms with E-state index >= 15 is 0 Å². The van der Waals surface area contributed by atoms with Gasteiger partial charge in [-0.25, -0.2) is 0 Å². The minimum atomic E-state index is 0.362. The van der Waals surface area contributed by atoms with Crippen LogP contribution in [0.4, 0.5) is 0 Å². The second-order valence-corrected chi connectivity index (χ2v) is 9.65. The van der Waals surface area contributed by atoms with Crippen LogP contribution in [-0.4, -0.2) is 24.5 Å². The molecule has 0 amide bonds. The Morgan fingerprint density at radius 1 is 1.21 bits per heavy atom. The van der Waals surface area contributed by atoms with Crippen molar-refractivity contribution in [3.05, 3.63) is 12.2 Å². The van der Waals surface area contributed by atoms with E-state index in [1.165, 1.54) is 31.3 Å². The van der Waals surface area contributed by atoms with Crippen molar-refractivity contribution in [1.82, 2.24) is 4.90 Å². The first-order chi connectivity index (χ1) is 11.0. The van der Waals surface area contributed by atoms with Gasteiger partial charge < -0.3 is 4.90 Å². The number of rotatable bonds is 6. The molecule has 0 bridgehead atoms. The second-order valence-electron chi connectivity index (χ2n) is 9.65. The molecule has 1 saturated heterocycles. The summed E-state index contributed by atoms with van der Waals surface area (Å²) >= 11 is 0. The summed E-state index contributed by atoms with van der Waals surface area (Å²) < 4.78 is 0. The van der Waals surface area contributed by atoms with Crippen molar-refractivity contribution in [1.29, 1.82) is 0 Å².